The fourth-order valence-electron chi connectivity index (χ4n) is 1.87. The van der Waals surface area contributed by atoms with E-state index in [0.717, 1.165) is 36.8 Å². The van der Waals surface area contributed by atoms with E-state index in [1.54, 1.807) is 6.08 Å². The van der Waals surface area contributed by atoms with E-state index in [9.17, 15) is 0 Å². The van der Waals surface area contributed by atoms with E-state index < -0.39 is 0 Å². The third kappa shape index (κ3) is 6.97. The molecule has 0 saturated carbocycles. The summed E-state index contributed by atoms with van der Waals surface area (Å²) in [5, 5.41) is 6.57. The third-order valence-electron chi connectivity index (χ3n) is 2.92. The number of hydrogen-bond donors (Lipinski definition) is 2. The predicted molar refractivity (Wildman–Crippen MR) is 94.4 cm³/mol. The first-order valence-corrected chi connectivity index (χ1v) is 7.76. The van der Waals surface area contributed by atoms with Crippen LogP contribution in [-0.4, -0.2) is 25.7 Å². The van der Waals surface area contributed by atoms with Crippen molar-refractivity contribution >= 4 is 5.96 Å². The van der Waals surface area contributed by atoms with Crippen LogP contribution in [0.3, 0.4) is 0 Å². The third-order valence-corrected chi connectivity index (χ3v) is 2.92. The smallest absolute Gasteiger partial charge is 0.191 e. The molecule has 0 aliphatic rings. The van der Waals surface area contributed by atoms with E-state index in [1.165, 1.54) is 0 Å². The first-order valence-electron chi connectivity index (χ1n) is 7.76. The van der Waals surface area contributed by atoms with Crippen LogP contribution in [0.4, 0.5) is 0 Å². The van der Waals surface area contributed by atoms with Gasteiger partial charge in [-0.15, -0.1) is 0 Å². The van der Waals surface area contributed by atoms with Gasteiger partial charge in [-0.2, -0.15) is 0 Å². The molecule has 120 valence electrons. The maximum atomic E-state index is 5.65. The molecule has 0 fully saturated rings. The highest BCUT2D eigenvalue weighted by Gasteiger charge is 2.02. The average molecular weight is 301 g/mol. The molecule has 1 rings (SSSR count). The number of ether oxygens (including phenoxy) is 1. The molecule has 0 aliphatic heterocycles. The number of nitrogens with zero attached hydrogens (tertiary/aromatic N) is 1. The summed E-state index contributed by atoms with van der Waals surface area (Å²) in [5.41, 5.74) is 1.06. The van der Waals surface area contributed by atoms with Gasteiger partial charge >= 0.3 is 0 Å². The summed E-state index contributed by atoms with van der Waals surface area (Å²) in [4.78, 5) is 4.61. The standard InChI is InChI=1S/C18H27N3O/c1-4-7-10-13-20-18(19-6-3)21-15-16-11-8-9-12-17(16)22-14-5-2/h4-5,7-9,11-12H,2,6,10,13-15H2,1,3H3,(H2,19,20,21)/b7-4+. The maximum absolute atomic E-state index is 5.65. The normalized spacial score (nSPS) is 11.5. The number of aliphatic imine (C=N–C) groups is 1. The van der Waals surface area contributed by atoms with E-state index in [-0.39, 0.29) is 0 Å². The van der Waals surface area contributed by atoms with Gasteiger partial charge in [-0.05, 0) is 26.3 Å². The zero-order valence-corrected chi connectivity index (χ0v) is 13.6. The molecule has 0 saturated heterocycles. The minimum atomic E-state index is 0.502. The SMILES string of the molecule is C=CCOc1ccccc1CN=C(NCC)NCC/C=C/C. The summed E-state index contributed by atoms with van der Waals surface area (Å²) in [6, 6.07) is 7.95. The van der Waals surface area contributed by atoms with E-state index >= 15 is 0 Å². The maximum Gasteiger partial charge on any atom is 0.191 e. The summed E-state index contributed by atoms with van der Waals surface area (Å²) in [5.74, 6) is 1.68. The molecular weight excluding hydrogens is 274 g/mol. The molecule has 0 spiro atoms. The van der Waals surface area contributed by atoms with Crippen molar-refractivity contribution in [3.8, 4) is 5.75 Å². The lowest BCUT2D eigenvalue weighted by Gasteiger charge is -2.12. The van der Waals surface area contributed by atoms with Gasteiger partial charge in [0.2, 0.25) is 0 Å². The Balaban J connectivity index is 2.66. The highest BCUT2D eigenvalue weighted by atomic mass is 16.5. The topological polar surface area (TPSA) is 45.6 Å². The number of guanidine groups is 1. The Morgan fingerprint density at radius 2 is 2.14 bits per heavy atom. The quantitative estimate of drug-likeness (QED) is 0.318. The number of allylic oxidation sites excluding steroid dienone is 1. The van der Waals surface area contributed by atoms with Crippen LogP contribution in [0.2, 0.25) is 0 Å². The van der Waals surface area contributed by atoms with E-state index in [1.807, 2.05) is 31.2 Å². The van der Waals surface area contributed by atoms with Crippen molar-refractivity contribution in [3.63, 3.8) is 0 Å². The van der Waals surface area contributed by atoms with Gasteiger partial charge < -0.3 is 15.4 Å². The van der Waals surface area contributed by atoms with Crippen LogP contribution in [0.1, 0.15) is 25.8 Å². The molecule has 1 aromatic rings. The van der Waals surface area contributed by atoms with E-state index in [4.69, 9.17) is 4.74 Å². The Morgan fingerprint density at radius 1 is 1.32 bits per heavy atom. The summed E-state index contributed by atoms with van der Waals surface area (Å²) in [7, 11) is 0. The van der Waals surface area contributed by atoms with Crippen molar-refractivity contribution in [1.82, 2.24) is 10.6 Å². The van der Waals surface area contributed by atoms with Gasteiger partial charge in [-0.1, -0.05) is 43.0 Å². The molecule has 0 aliphatic carbocycles. The predicted octanol–water partition coefficient (Wildman–Crippen LogP) is 3.27. The molecule has 4 heteroatoms. The minimum absolute atomic E-state index is 0.502. The van der Waals surface area contributed by atoms with Crippen molar-refractivity contribution in [2.45, 2.75) is 26.8 Å². The van der Waals surface area contributed by atoms with E-state index in [0.29, 0.717) is 13.2 Å². The zero-order valence-electron chi connectivity index (χ0n) is 13.6. The molecule has 0 unspecified atom stereocenters. The summed E-state index contributed by atoms with van der Waals surface area (Å²) in [6.07, 6.45) is 6.92. The summed E-state index contributed by atoms with van der Waals surface area (Å²) < 4.78 is 5.65. The van der Waals surface area contributed by atoms with Gasteiger partial charge in [0, 0.05) is 18.7 Å². The van der Waals surface area contributed by atoms with Gasteiger partial charge in [0.1, 0.15) is 12.4 Å². The number of para-hydroxylation sites is 1. The van der Waals surface area contributed by atoms with Crippen LogP contribution in [0, 0.1) is 0 Å². The van der Waals surface area contributed by atoms with Gasteiger partial charge in [0.15, 0.2) is 5.96 Å². The van der Waals surface area contributed by atoms with Crippen LogP contribution >= 0.6 is 0 Å². The number of nitrogens with one attached hydrogen (secondary N) is 2. The van der Waals surface area contributed by atoms with Gasteiger partial charge in [0.25, 0.3) is 0 Å². The molecule has 0 heterocycles. The number of benzene rings is 1. The Bertz CT molecular complexity index is 495. The van der Waals surface area contributed by atoms with Gasteiger partial charge in [0.05, 0.1) is 6.54 Å². The second kappa shape index (κ2) is 11.4. The first-order chi connectivity index (χ1) is 10.8. The lowest BCUT2D eigenvalue weighted by molar-refractivity contribution is 0.359. The molecule has 0 amide bonds. The average Bonchev–Trinajstić information content (AvgIpc) is 2.55. The molecule has 0 atom stereocenters. The van der Waals surface area contributed by atoms with Crippen molar-refractivity contribution in [3.05, 3.63) is 54.6 Å². The fraction of sp³-hybridized carbons (Fsp3) is 0.389. The highest BCUT2D eigenvalue weighted by molar-refractivity contribution is 5.79. The highest BCUT2D eigenvalue weighted by Crippen LogP contribution is 2.18. The monoisotopic (exact) mass is 301 g/mol. The van der Waals surface area contributed by atoms with Crippen molar-refractivity contribution in [1.29, 1.82) is 0 Å². The minimum Gasteiger partial charge on any atom is -0.489 e. The van der Waals surface area contributed by atoms with Gasteiger partial charge in [-0.25, -0.2) is 4.99 Å². The lowest BCUT2D eigenvalue weighted by Crippen LogP contribution is -2.37. The van der Waals surface area contributed by atoms with Crippen LogP contribution in [0.25, 0.3) is 0 Å². The lowest BCUT2D eigenvalue weighted by atomic mass is 10.2. The number of hydrogen-bond acceptors (Lipinski definition) is 2. The Morgan fingerprint density at radius 3 is 2.86 bits per heavy atom. The first kappa shape index (κ1) is 17.8. The molecule has 4 nitrogen and oxygen atoms in total. The van der Waals surface area contributed by atoms with Crippen LogP contribution < -0.4 is 15.4 Å². The molecule has 22 heavy (non-hydrogen) atoms. The van der Waals surface area contributed by atoms with Crippen LogP contribution in [-0.2, 0) is 6.54 Å². The Hall–Kier alpha value is -2.23. The molecule has 2 N–H and O–H groups in total. The summed E-state index contributed by atoms with van der Waals surface area (Å²) in [6.45, 7) is 10.5. The molecular formula is C18H27N3O. The molecule has 0 aromatic heterocycles. The van der Waals surface area contributed by atoms with E-state index in [2.05, 4.69) is 41.3 Å². The van der Waals surface area contributed by atoms with Crippen LogP contribution in [0.5, 0.6) is 5.75 Å². The second-order valence-electron chi connectivity index (χ2n) is 4.69. The number of rotatable bonds is 9. The fourth-order valence-corrected chi connectivity index (χ4v) is 1.87. The van der Waals surface area contributed by atoms with Crippen molar-refractivity contribution in [2.24, 2.45) is 4.99 Å². The molecule has 0 bridgehead atoms. The molecule has 0 radical (unpaired) electrons. The largest absolute Gasteiger partial charge is 0.489 e. The Kier molecular flexibility index (Phi) is 9.26. The molecule has 1 aromatic carbocycles. The Labute approximate surface area is 134 Å². The van der Waals surface area contributed by atoms with Gasteiger partial charge in [-0.3, -0.25) is 0 Å². The van der Waals surface area contributed by atoms with Crippen molar-refractivity contribution < 1.29 is 4.74 Å². The zero-order chi connectivity index (χ0) is 16.0. The second-order valence-corrected chi connectivity index (χ2v) is 4.69. The summed E-state index contributed by atoms with van der Waals surface area (Å²) >= 11 is 0. The van der Waals surface area contributed by atoms with Crippen molar-refractivity contribution in [2.75, 3.05) is 19.7 Å². The van der Waals surface area contributed by atoms with Crippen LogP contribution in [0.15, 0.2) is 54.1 Å².